The lowest BCUT2D eigenvalue weighted by molar-refractivity contribution is 0.0991. The fourth-order valence-electron chi connectivity index (χ4n) is 2.75. The summed E-state index contributed by atoms with van der Waals surface area (Å²) in [7, 11) is 0. The maximum atomic E-state index is 15.0. The number of primary amides is 1. The van der Waals surface area contributed by atoms with E-state index in [-0.39, 0.29) is 45.6 Å². The fourth-order valence-corrected chi connectivity index (χ4v) is 2.75. The third kappa shape index (κ3) is 3.06. The number of carbonyl (C=O) groups excluding carboxylic acids is 1. The summed E-state index contributed by atoms with van der Waals surface area (Å²) in [5, 5.41) is 16.8. The van der Waals surface area contributed by atoms with Crippen molar-refractivity contribution in [1.29, 1.82) is 0 Å². The Labute approximate surface area is 158 Å². The summed E-state index contributed by atoms with van der Waals surface area (Å²) in [6.45, 7) is 5.32. The van der Waals surface area contributed by atoms with Crippen LogP contribution in [0.5, 0.6) is 0 Å². The Balaban J connectivity index is 2.23. The number of H-pyrrole nitrogens is 1. The number of fused-ring (bicyclic) bond motifs is 1. The second-order valence-electron chi connectivity index (χ2n) is 6.05. The summed E-state index contributed by atoms with van der Waals surface area (Å²) >= 11 is 0. The predicted molar refractivity (Wildman–Crippen MR) is 100 cm³/mol. The first-order valence-electron chi connectivity index (χ1n) is 8.35. The van der Waals surface area contributed by atoms with Crippen molar-refractivity contribution in [3.8, 4) is 11.4 Å². The van der Waals surface area contributed by atoms with Crippen LogP contribution in [0.3, 0.4) is 0 Å². The molecule has 0 unspecified atom stereocenters. The molecule has 0 aromatic carbocycles. The number of aliphatic hydroxyl groups excluding tert-OH is 1. The van der Waals surface area contributed by atoms with Crippen molar-refractivity contribution in [2.45, 2.75) is 20.8 Å². The fraction of sp³-hybridized carbons (Fsp3) is 0.235. The molecule has 0 saturated heterocycles. The molecule has 0 bridgehead atoms. The topological polar surface area (TPSA) is 161 Å². The van der Waals surface area contributed by atoms with Crippen LogP contribution in [0.15, 0.2) is 28.8 Å². The van der Waals surface area contributed by atoms with Crippen LogP contribution in [0.4, 0.5) is 4.39 Å². The molecule has 6 N–H and O–H groups in total. The number of nitrogens with zero attached hydrogens (tertiary/aromatic N) is 5. The van der Waals surface area contributed by atoms with Gasteiger partial charge in [0.05, 0.1) is 23.0 Å². The monoisotopic (exact) mass is 386 g/mol. The molecule has 0 atom stereocenters. The average Bonchev–Trinajstić information content (AvgIpc) is 3.20. The largest absolute Gasteiger partial charge is 0.504 e. The smallest absolute Gasteiger partial charge is 0.268 e. The normalized spacial score (nSPS) is 13.1. The van der Waals surface area contributed by atoms with Gasteiger partial charge in [-0.3, -0.25) is 19.9 Å². The second-order valence-corrected chi connectivity index (χ2v) is 6.05. The van der Waals surface area contributed by atoms with Crippen LogP contribution in [0.25, 0.3) is 16.9 Å². The van der Waals surface area contributed by atoms with Crippen LogP contribution in [0, 0.1) is 12.7 Å². The summed E-state index contributed by atoms with van der Waals surface area (Å²) in [5.74, 6) is -2.02. The number of aliphatic imine (C=N–C) groups is 1. The van der Waals surface area contributed by atoms with Crippen LogP contribution < -0.4 is 11.5 Å². The molecule has 28 heavy (non-hydrogen) atoms. The van der Waals surface area contributed by atoms with Crippen LogP contribution in [0.1, 0.15) is 35.9 Å². The van der Waals surface area contributed by atoms with Gasteiger partial charge in [0, 0.05) is 18.4 Å². The SMILES string of the molecule is CCN=C(C(O)=C(C)N)c1nc(-c2c(F)c(C(N)=O)n3cc(C)ncc23)n[nH]1. The lowest BCUT2D eigenvalue weighted by Crippen LogP contribution is -2.15. The van der Waals surface area contributed by atoms with E-state index in [0.717, 1.165) is 0 Å². The van der Waals surface area contributed by atoms with E-state index in [1.165, 1.54) is 23.7 Å². The molecule has 0 radical (unpaired) electrons. The Kier molecular flexibility index (Phi) is 4.82. The predicted octanol–water partition coefficient (Wildman–Crippen LogP) is 1.22. The van der Waals surface area contributed by atoms with Crippen LogP contribution in [-0.2, 0) is 0 Å². The average molecular weight is 386 g/mol. The van der Waals surface area contributed by atoms with Crippen molar-refractivity contribution < 1.29 is 14.3 Å². The van der Waals surface area contributed by atoms with Gasteiger partial charge in [-0.15, -0.1) is 0 Å². The number of carbonyl (C=O) groups is 1. The first-order valence-corrected chi connectivity index (χ1v) is 8.35. The van der Waals surface area contributed by atoms with E-state index < -0.39 is 11.7 Å². The molecule has 0 aliphatic heterocycles. The van der Waals surface area contributed by atoms with Gasteiger partial charge < -0.3 is 21.0 Å². The lowest BCUT2D eigenvalue weighted by Gasteiger charge is -2.03. The standard InChI is InChI=1S/C17H19FN8O2/c1-4-21-12(14(27)8(3)19)17-23-16(24-25-17)10-9-5-22-7(2)6-26(9)13(11(10)18)15(20)28/h5-6,27H,4,19H2,1-3H3,(H2,20,28)(H,23,24,25). The number of aromatic amines is 1. The molecule has 11 heteroatoms. The van der Waals surface area contributed by atoms with E-state index >= 15 is 4.39 Å². The van der Waals surface area contributed by atoms with Gasteiger partial charge in [0.1, 0.15) is 11.4 Å². The molecular formula is C17H19FN8O2. The molecule has 3 heterocycles. The summed E-state index contributed by atoms with van der Waals surface area (Å²) < 4.78 is 16.4. The molecule has 0 saturated carbocycles. The van der Waals surface area contributed by atoms with Crippen molar-refractivity contribution >= 4 is 17.1 Å². The number of nitrogens with two attached hydrogens (primary N) is 2. The van der Waals surface area contributed by atoms with Gasteiger partial charge >= 0.3 is 0 Å². The van der Waals surface area contributed by atoms with Crippen molar-refractivity contribution in [2.24, 2.45) is 16.5 Å². The number of hydrogen-bond donors (Lipinski definition) is 4. The molecule has 0 fully saturated rings. The Bertz CT molecular complexity index is 1140. The number of allylic oxidation sites excluding steroid dienone is 2. The minimum absolute atomic E-state index is 0.0468. The van der Waals surface area contributed by atoms with Gasteiger partial charge in [-0.25, -0.2) is 9.37 Å². The van der Waals surface area contributed by atoms with E-state index in [1.54, 1.807) is 13.8 Å². The first-order chi connectivity index (χ1) is 13.3. The minimum atomic E-state index is -0.937. The summed E-state index contributed by atoms with van der Waals surface area (Å²) in [6, 6.07) is 0. The zero-order chi connectivity index (χ0) is 20.6. The number of hydrogen-bond acceptors (Lipinski definition) is 7. The Morgan fingerprint density at radius 1 is 1.43 bits per heavy atom. The summed E-state index contributed by atoms with van der Waals surface area (Å²) in [6.07, 6.45) is 2.89. The number of aliphatic hydroxyl groups is 1. The van der Waals surface area contributed by atoms with E-state index in [1.807, 2.05) is 0 Å². The van der Waals surface area contributed by atoms with Crippen molar-refractivity contribution in [1.82, 2.24) is 24.6 Å². The zero-order valence-corrected chi connectivity index (χ0v) is 15.5. The molecule has 10 nitrogen and oxygen atoms in total. The number of rotatable bonds is 5. The van der Waals surface area contributed by atoms with E-state index in [0.29, 0.717) is 12.2 Å². The highest BCUT2D eigenvalue weighted by Crippen LogP contribution is 2.30. The summed E-state index contributed by atoms with van der Waals surface area (Å²) in [4.78, 5) is 24.3. The van der Waals surface area contributed by atoms with E-state index in [4.69, 9.17) is 11.5 Å². The van der Waals surface area contributed by atoms with Crippen LogP contribution >= 0.6 is 0 Å². The van der Waals surface area contributed by atoms with Crippen molar-refractivity contribution in [3.05, 3.63) is 46.9 Å². The highest BCUT2D eigenvalue weighted by molar-refractivity contribution is 6.09. The number of nitrogens with one attached hydrogen (secondary N) is 1. The Hall–Kier alpha value is -3.76. The Morgan fingerprint density at radius 3 is 2.75 bits per heavy atom. The molecule has 1 amide bonds. The van der Waals surface area contributed by atoms with Gasteiger partial charge in [0.2, 0.25) is 0 Å². The maximum Gasteiger partial charge on any atom is 0.268 e. The third-order valence-electron chi connectivity index (χ3n) is 3.97. The molecule has 3 rings (SSSR count). The third-order valence-corrected chi connectivity index (χ3v) is 3.97. The maximum absolute atomic E-state index is 15.0. The molecule has 0 spiro atoms. The molecule has 0 aliphatic carbocycles. The lowest BCUT2D eigenvalue weighted by atomic mass is 10.2. The molecule has 0 aliphatic rings. The molecule has 3 aromatic rings. The van der Waals surface area contributed by atoms with E-state index in [9.17, 15) is 9.90 Å². The van der Waals surface area contributed by atoms with Crippen molar-refractivity contribution in [2.75, 3.05) is 6.54 Å². The van der Waals surface area contributed by atoms with Crippen LogP contribution in [0.2, 0.25) is 0 Å². The van der Waals surface area contributed by atoms with Gasteiger partial charge in [-0.05, 0) is 20.8 Å². The van der Waals surface area contributed by atoms with Gasteiger partial charge in [-0.2, -0.15) is 5.10 Å². The molecule has 146 valence electrons. The van der Waals surface area contributed by atoms with Gasteiger partial charge in [-0.1, -0.05) is 0 Å². The first kappa shape index (κ1) is 19.0. The second kappa shape index (κ2) is 7.10. The van der Waals surface area contributed by atoms with Crippen molar-refractivity contribution in [3.63, 3.8) is 0 Å². The summed E-state index contributed by atoms with van der Waals surface area (Å²) in [5.41, 5.74) is 11.7. The van der Waals surface area contributed by atoms with Crippen LogP contribution in [-0.4, -0.2) is 47.8 Å². The quantitative estimate of drug-likeness (QED) is 0.381. The number of aryl methyl sites for hydroxylation is 1. The highest BCUT2D eigenvalue weighted by atomic mass is 19.1. The number of halogens is 1. The minimum Gasteiger partial charge on any atom is -0.504 e. The van der Waals surface area contributed by atoms with Gasteiger partial charge in [0.15, 0.2) is 23.2 Å². The number of amides is 1. The molecular weight excluding hydrogens is 367 g/mol. The highest BCUT2D eigenvalue weighted by Gasteiger charge is 2.27. The van der Waals surface area contributed by atoms with Gasteiger partial charge in [0.25, 0.3) is 5.91 Å². The Morgan fingerprint density at radius 2 is 2.14 bits per heavy atom. The van der Waals surface area contributed by atoms with E-state index in [2.05, 4.69) is 25.2 Å². The molecule has 3 aromatic heterocycles. The number of aromatic nitrogens is 5. The zero-order valence-electron chi connectivity index (χ0n) is 15.5.